The molecule has 9 nitrogen and oxygen atoms in total. The number of hydrogen-bond donors (Lipinski definition) is 2. The van der Waals surface area contributed by atoms with E-state index in [0.717, 1.165) is 0 Å². The van der Waals surface area contributed by atoms with Gasteiger partial charge in [0.1, 0.15) is 12.3 Å². The number of methoxy groups -OCH3 is 1. The largest absolute Gasteiger partial charge is 0.474 e. The molecule has 0 bridgehead atoms. The molecule has 1 aromatic heterocycles. The van der Waals surface area contributed by atoms with E-state index >= 15 is 0 Å². The maximum Gasteiger partial charge on any atom is 0.255 e. The summed E-state index contributed by atoms with van der Waals surface area (Å²) < 4.78 is 38.0. The van der Waals surface area contributed by atoms with Gasteiger partial charge in [0.05, 0.1) is 11.5 Å². The summed E-state index contributed by atoms with van der Waals surface area (Å²) in [5, 5.41) is 2.76. The summed E-state index contributed by atoms with van der Waals surface area (Å²) in [7, 11) is -2.19. The first kappa shape index (κ1) is 25.0. The van der Waals surface area contributed by atoms with E-state index in [1.807, 2.05) is 0 Å². The number of nitrogens with one attached hydrogen (secondary N) is 2. The van der Waals surface area contributed by atoms with Gasteiger partial charge in [0, 0.05) is 31.0 Å². The zero-order chi connectivity index (χ0) is 24.6. The van der Waals surface area contributed by atoms with Crippen LogP contribution in [0.5, 0.6) is 5.88 Å². The summed E-state index contributed by atoms with van der Waals surface area (Å²) in [4.78, 5) is 28.2. The summed E-state index contributed by atoms with van der Waals surface area (Å²) in [5.74, 6) is -0.211. The molecular formula is C24H25N3O6S. The van der Waals surface area contributed by atoms with Crippen LogP contribution < -0.4 is 14.8 Å². The third kappa shape index (κ3) is 6.70. The number of anilines is 1. The number of pyridine rings is 1. The van der Waals surface area contributed by atoms with E-state index in [9.17, 15) is 18.0 Å². The van der Waals surface area contributed by atoms with E-state index in [-0.39, 0.29) is 29.0 Å². The van der Waals surface area contributed by atoms with Crippen molar-refractivity contribution >= 4 is 27.4 Å². The molecule has 0 radical (unpaired) electrons. The third-order valence-electron chi connectivity index (χ3n) is 4.80. The molecule has 0 aliphatic heterocycles. The second kappa shape index (κ2) is 11.5. The van der Waals surface area contributed by atoms with Gasteiger partial charge in [-0.1, -0.05) is 24.3 Å². The van der Waals surface area contributed by atoms with Gasteiger partial charge in [0.25, 0.3) is 5.91 Å². The maximum atomic E-state index is 12.6. The molecule has 1 amide bonds. The van der Waals surface area contributed by atoms with Crippen LogP contribution in [0.2, 0.25) is 0 Å². The van der Waals surface area contributed by atoms with Crippen LogP contribution in [0, 0.1) is 0 Å². The Hall–Kier alpha value is -3.60. The Kier molecular flexibility index (Phi) is 8.47. The van der Waals surface area contributed by atoms with Gasteiger partial charge in [-0.05, 0) is 48.9 Å². The minimum atomic E-state index is -3.75. The molecule has 10 heteroatoms. The molecule has 0 saturated heterocycles. The molecule has 3 rings (SSSR count). The molecule has 0 aliphatic carbocycles. The van der Waals surface area contributed by atoms with Crippen LogP contribution in [0.4, 0.5) is 5.69 Å². The molecule has 178 valence electrons. The number of Topliss-reactive ketones (excluding diaryl/α,β-unsaturated/α-hetero) is 1. The van der Waals surface area contributed by atoms with Crippen molar-refractivity contribution in [2.45, 2.75) is 18.4 Å². The SMILES string of the molecule is COCCOc1ncccc1NC(=O)c1ccc(CNS(=O)(=O)c2ccc(C(C)=O)cc2)cc1. The van der Waals surface area contributed by atoms with E-state index < -0.39 is 10.0 Å². The summed E-state index contributed by atoms with van der Waals surface area (Å²) in [6, 6.07) is 15.6. The third-order valence-corrected chi connectivity index (χ3v) is 6.22. The number of nitrogens with zero attached hydrogens (tertiary/aromatic N) is 1. The number of ether oxygens (including phenoxy) is 2. The van der Waals surface area contributed by atoms with Gasteiger partial charge in [-0.15, -0.1) is 0 Å². The summed E-state index contributed by atoms with van der Waals surface area (Å²) in [6.07, 6.45) is 1.56. The van der Waals surface area contributed by atoms with Crippen LogP contribution in [0.15, 0.2) is 71.8 Å². The fourth-order valence-electron chi connectivity index (χ4n) is 2.92. The van der Waals surface area contributed by atoms with Gasteiger partial charge in [-0.3, -0.25) is 9.59 Å². The lowest BCUT2D eigenvalue weighted by molar-refractivity contribution is 0.101. The zero-order valence-electron chi connectivity index (χ0n) is 18.8. The Bertz CT molecular complexity index is 1240. The number of ketones is 1. The van der Waals surface area contributed by atoms with Crippen LogP contribution in [-0.4, -0.2) is 45.4 Å². The number of benzene rings is 2. The second-order valence-corrected chi connectivity index (χ2v) is 9.02. The van der Waals surface area contributed by atoms with E-state index in [0.29, 0.717) is 35.6 Å². The number of amides is 1. The fraction of sp³-hybridized carbons (Fsp3) is 0.208. The van der Waals surface area contributed by atoms with Crippen molar-refractivity contribution < 1.29 is 27.5 Å². The normalized spacial score (nSPS) is 11.1. The average Bonchev–Trinajstić information content (AvgIpc) is 2.84. The monoisotopic (exact) mass is 483 g/mol. The molecule has 0 fully saturated rings. The molecule has 0 spiro atoms. The Balaban J connectivity index is 1.61. The molecule has 0 saturated carbocycles. The predicted molar refractivity (Wildman–Crippen MR) is 126 cm³/mol. The van der Waals surface area contributed by atoms with Crippen molar-refractivity contribution in [3.63, 3.8) is 0 Å². The molecule has 0 atom stereocenters. The minimum absolute atomic E-state index is 0.0405. The lowest BCUT2D eigenvalue weighted by Gasteiger charge is -2.11. The van der Waals surface area contributed by atoms with Gasteiger partial charge in [0.2, 0.25) is 15.9 Å². The van der Waals surface area contributed by atoms with Crippen molar-refractivity contribution in [1.29, 1.82) is 0 Å². The first-order valence-corrected chi connectivity index (χ1v) is 11.9. The quantitative estimate of drug-likeness (QED) is 0.317. The molecule has 0 unspecified atom stereocenters. The van der Waals surface area contributed by atoms with E-state index in [2.05, 4.69) is 15.0 Å². The number of aromatic nitrogens is 1. The molecule has 34 heavy (non-hydrogen) atoms. The smallest absolute Gasteiger partial charge is 0.255 e. The Morgan fingerprint density at radius 1 is 0.941 bits per heavy atom. The van der Waals surface area contributed by atoms with Gasteiger partial charge >= 0.3 is 0 Å². The van der Waals surface area contributed by atoms with Crippen LogP contribution in [0.3, 0.4) is 0 Å². The van der Waals surface area contributed by atoms with E-state index in [1.54, 1.807) is 49.7 Å². The topological polar surface area (TPSA) is 124 Å². The van der Waals surface area contributed by atoms with E-state index in [1.165, 1.54) is 31.2 Å². The highest BCUT2D eigenvalue weighted by molar-refractivity contribution is 7.89. The first-order valence-electron chi connectivity index (χ1n) is 10.4. The minimum Gasteiger partial charge on any atom is -0.474 e. The van der Waals surface area contributed by atoms with Crippen molar-refractivity contribution in [3.8, 4) is 5.88 Å². The number of carbonyl (C=O) groups is 2. The lowest BCUT2D eigenvalue weighted by Crippen LogP contribution is -2.23. The predicted octanol–water partition coefficient (Wildman–Crippen LogP) is 3.04. The Morgan fingerprint density at radius 3 is 2.26 bits per heavy atom. The van der Waals surface area contributed by atoms with Gasteiger partial charge in [-0.2, -0.15) is 0 Å². The molecule has 3 aromatic rings. The second-order valence-electron chi connectivity index (χ2n) is 7.25. The van der Waals surface area contributed by atoms with Crippen LogP contribution in [0.25, 0.3) is 0 Å². The summed E-state index contributed by atoms with van der Waals surface area (Å²) in [5.41, 5.74) is 1.92. The van der Waals surface area contributed by atoms with Gasteiger partial charge < -0.3 is 14.8 Å². The highest BCUT2D eigenvalue weighted by atomic mass is 32.2. The van der Waals surface area contributed by atoms with Crippen molar-refractivity contribution in [1.82, 2.24) is 9.71 Å². The fourth-order valence-corrected chi connectivity index (χ4v) is 3.94. The number of sulfonamides is 1. The van der Waals surface area contributed by atoms with Crippen molar-refractivity contribution in [2.24, 2.45) is 0 Å². The van der Waals surface area contributed by atoms with Crippen LogP contribution >= 0.6 is 0 Å². The molecule has 2 N–H and O–H groups in total. The Morgan fingerprint density at radius 2 is 1.62 bits per heavy atom. The van der Waals surface area contributed by atoms with E-state index in [4.69, 9.17) is 9.47 Å². The summed E-state index contributed by atoms with van der Waals surface area (Å²) in [6.45, 7) is 2.14. The number of hydrogen-bond acceptors (Lipinski definition) is 7. The number of rotatable bonds is 11. The molecular weight excluding hydrogens is 458 g/mol. The van der Waals surface area contributed by atoms with Crippen LogP contribution in [0.1, 0.15) is 33.2 Å². The average molecular weight is 484 g/mol. The standard InChI is InChI=1S/C24H25N3O6S/c1-17(28)19-9-11-21(12-10-19)34(30,31)26-16-18-5-7-20(8-6-18)23(29)27-22-4-3-13-25-24(22)33-15-14-32-2/h3-13,26H,14-16H2,1-2H3,(H,27,29). The summed E-state index contributed by atoms with van der Waals surface area (Å²) >= 11 is 0. The zero-order valence-corrected chi connectivity index (χ0v) is 19.6. The highest BCUT2D eigenvalue weighted by Gasteiger charge is 2.15. The maximum absolute atomic E-state index is 12.6. The van der Waals surface area contributed by atoms with Crippen molar-refractivity contribution in [3.05, 3.63) is 83.6 Å². The van der Waals surface area contributed by atoms with Gasteiger partial charge in [0.15, 0.2) is 5.78 Å². The molecule has 1 heterocycles. The Labute approximate surface area is 198 Å². The van der Waals surface area contributed by atoms with Gasteiger partial charge in [-0.25, -0.2) is 18.1 Å². The highest BCUT2D eigenvalue weighted by Crippen LogP contribution is 2.21. The molecule has 2 aromatic carbocycles. The molecule has 0 aliphatic rings. The van der Waals surface area contributed by atoms with Crippen molar-refractivity contribution in [2.75, 3.05) is 25.6 Å². The lowest BCUT2D eigenvalue weighted by atomic mass is 10.1. The van der Waals surface area contributed by atoms with Crippen LogP contribution in [-0.2, 0) is 21.3 Å². The number of carbonyl (C=O) groups excluding carboxylic acids is 2. The first-order chi connectivity index (χ1) is 16.3.